The monoisotopic (exact) mass is 384 g/mol. The highest BCUT2D eigenvalue weighted by molar-refractivity contribution is 6.30. The fourth-order valence-electron chi connectivity index (χ4n) is 3.77. The average molecular weight is 385 g/mol. The number of benzene rings is 2. The van der Waals surface area contributed by atoms with E-state index in [-0.39, 0.29) is 6.03 Å². The number of hydrogen-bond donors (Lipinski definition) is 1. The van der Waals surface area contributed by atoms with Crippen LogP contribution in [0.5, 0.6) is 0 Å². The summed E-state index contributed by atoms with van der Waals surface area (Å²) in [4.78, 5) is 19.1. The summed E-state index contributed by atoms with van der Waals surface area (Å²) in [6.07, 6.45) is 2.53. The number of rotatable bonds is 3. The Morgan fingerprint density at radius 2 is 1.48 bits per heavy atom. The standard InChI is InChI=1S/C21H25ClN4O/c22-17-4-3-5-20(16-17)25-12-14-26(15-13-25)21(27)23-18-6-8-19(9-7-18)24-10-1-2-11-24/h3-9,16H,1-2,10-15H2,(H,23,27). The Balaban J connectivity index is 1.30. The molecule has 0 saturated carbocycles. The van der Waals surface area contributed by atoms with E-state index in [9.17, 15) is 4.79 Å². The van der Waals surface area contributed by atoms with E-state index >= 15 is 0 Å². The molecule has 0 unspecified atom stereocenters. The smallest absolute Gasteiger partial charge is 0.321 e. The molecule has 0 spiro atoms. The average Bonchev–Trinajstić information content (AvgIpc) is 3.23. The van der Waals surface area contributed by atoms with Gasteiger partial charge >= 0.3 is 6.03 Å². The third-order valence-electron chi connectivity index (χ3n) is 5.33. The first-order valence-electron chi connectivity index (χ1n) is 9.60. The zero-order chi connectivity index (χ0) is 18.6. The van der Waals surface area contributed by atoms with Crippen LogP contribution in [0, 0.1) is 0 Å². The van der Waals surface area contributed by atoms with Crippen LogP contribution in [0.25, 0.3) is 0 Å². The fraction of sp³-hybridized carbons (Fsp3) is 0.381. The highest BCUT2D eigenvalue weighted by Crippen LogP contribution is 2.23. The van der Waals surface area contributed by atoms with Gasteiger partial charge in [0.15, 0.2) is 0 Å². The van der Waals surface area contributed by atoms with Crippen molar-refractivity contribution in [2.24, 2.45) is 0 Å². The lowest BCUT2D eigenvalue weighted by Crippen LogP contribution is -2.50. The quantitative estimate of drug-likeness (QED) is 0.857. The summed E-state index contributed by atoms with van der Waals surface area (Å²) in [5, 5.41) is 3.76. The number of nitrogens with zero attached hydrogens (tertiary/aromatic N) is 3. The first-order chi connectivity index (χ1) is 13.2. The normalized spacial score (nSPS) is 17.3. The lowest BCUT2D eigenvalue weighted by molar-refractivity contribution is 0.208. The molecule has 0 radical (unpaired) electrons. The number of nitrogens with one attached hydrogen (secondary N) is 1. The molecule has 2 aromatic rings. The second kappa shape index (κ2) is 8.09. The molecular formula is C21H25ClN4O. The van der Waals surface area contributed by atoms with Gasteiger partial charge in [0.1, 0.15) is 0 Å². The third-order valence-corrected chi connectivity index (χ3v) is 5.57. The molecule has 2 saturated heterocycles. The molecule has 2 aliphatic rings. The van der Waals surface area contributed by atoms with E-state index in [4.69, 9.17) is 11.6 Å². The first-order valence-corrected chi connectivity index (χ1v) is 9.98. The Hall–Kier alpha value is -2.40. The second-order valence-electron chi connectivity index (χ2n) is 7.13. The van der Waals surface area contributed by atoms with E-state index in [0.29, 0.717) is 13.1 Å². The van der Waals surface area contributed by atoms with Crippen LogP contribution in [-0.4, -0.2) is 50.2 Å². The largest absolute Gasteiger partial charge is 0.372 e. The van der Waals surface area contributed by atoms with Crippen LogP contribution in [0.1, 0.15) is 12.8 Å². The molecule has 2 aliphatic heterocycles. The summed E-state index contributed by atoms with van der Waals surface area (Å²) in [6.45, 7) is 5.27. The van der Waals surface area contributed by atoms with Gasteiger partial charge in [-0.05, 0) is 55.3 Å². The number of carbonyl (C=O) groups is 1. The Bertz CT molecular complexity index is 781. The van der Waals surface area contributed by atoms with Gasteiger partial charge in [-0.1, -0.05) is 17.7 Å². The van der Waals surface area contributed by atoms with E-state index in [0.717, 1.165) is 42.6 Å². The van der Waals surface area contributed by atoms with Crippen molar-refractivity contribution < 1.29 is 4.79 Å². The zero-order valence-corrected chi connectivity index (χ0v) is 16.2. The van der Waals surface area contributed by atoms with Crippen molar-refractivity contribution in [3.63, 3.8) is 0 Å². The van der Waals surface area contributed by atoms with Gasteiger partial charge in [-0.15, -0.1) is 0 Å². The summed E-state index contributed by atoms with van der Waals surface area (Å²) >= 11 is 6.08. The van der Waals surface area contributed by atoms with Gasteiger partial charge in [0.25, 0.3) is 0 Å². The van der Waals surface area contributed by atoms with Gasteiger partial charge in [-0.3, -0.25) is 0 Å². The molecule has 0 bridgehead atoms. The number of halogens is 1. The Morgan fingerprint density at radius 1 is 0.815 bits per heavy atom. The molecule has 2 aromatic carbocycles. The maximum absolute atomic E-state index is 12.6. The molecule has 1 N–H and O–H groups in total. The molecule has 0 atom stereocenters. The van der Waals surface area contributed by atoms with Crippen LogP contribution in [0.3, 0.4) is 0 Å². The maximum atomic E-state index is 12.6. The number of amides is 2. The van der Waals surface area contributed by atoms with E-state index in [2.05, 4.69) is 33.3 Å². The van der Waals surface area contributed by atoms with Crippen molar-refractivity contribution in [2.45, 2.75) is 12.8 Å². The number of anilines is 3. The molecule has 6 heteroatoms. The first kappa shape index (κ1) is 18.0. The highest BCUT2D eigenvalue weighted by atomic mass is 35.5. The Morgan fingerprint density at radius 3 is 2.15 bits per heavy atom. The van der Waals surface area contributed by atoms with E-state index in [1.54, 1.807) is 0 Å². The SMILES string of the molecule is O=C(Nc1ccc(N2CCCC2)cc1)N1CCN(c2cccc(Cl)c2)CC1. The van der Waals surface area contributed by atoms with Gasteiger partial charge in [0.2, 0.25) is 0 Å². The zero-order valence-electron chi connectivity index (χ0n) is 15.4. The fourth-order valence-corrected chi connectivity index (χ4v) is 3.96. The van der Waals surface area contributed by atoms with Crippen LogP contribution in [0.2, 0.25) is 5.02 Å². The van der Waals surface area contributed by atoms with Crippen LogP contribution >= 0.6 is 11.6 Å². The van der Waals surface area contributed by atoms with Crippen LogP contribution in [-0.2, 0) is 0 Å². The van der Waals surface area contributed by atoms with Crippen molar-refractivity contribution in [1.29, 1.82) is 0 Å². The van der Waals surface area contributed by atoms with Crippen LogP contribution < -0.4 is 15.1 Å². The molecule has 2 amide bonds. The summed E-state index contributed by atoms with van der Waals surface area (Å²) in [5.74, 6) is 0. The highest BCUT2D eigenvalue weighted by Gasteiger charge is 2.21. The lowest BCUT2D eigenvalue weighted by Gasteiger charge is -2.36. The molecular weight excluding hydrogens is 360 g/mol. The van der Waals surface area contributed by atoms with Gasteiger partial charge in [-0.2, -0.15) is 0 Å². The number of piperazine rings is 1. The van der Waals surface area contributed by atoms with E-state index < -0.39 is 0 Å². The Kier molecular flexibility index (Phi) is 5.39. The molecule has 2 fully saturated rings. The molecule has 5 nitrogen and oxygen atoms in total. The third kappa shape index (κ3) is 4.30. The topological polar surface area (TPSA) is 38.8 Å². The molecule has 27 heavy (non-hydrogen) atoms. The predicted octanol–water partition coefficient (Wildman–Crippen LogP) is 4.29. The van der Waals surface area contributed by atoms with Crippen molar-refractivity contribution in [1.82, 2.24) is 4.90 Å². The molecule has 2 heterocycles. The van der Waals surface area contributed by atoms with Crippen molar-refractivity contribution in [3.8, 4) is 0 Å². The maximum Gasteiger partial charge on any atom is 0.321 e. The van der Waals surface area contributed by atoms with Gasteiger partial charge in [0, 0.05) is 61.4 Å². The van der Waals surface area contributed by atoms with Crippen LogP contribution in [0.4, 0.5) is 21.9 Å². The van der Waals surface area contributed by atoms with Gasteiger partial charge < -0.3 is 20.0 Å². The number of carbonyl (C=O) groups excluding carboxylic acids is 1. The van der Waals surface area contributed by atoms with E-state index in [1.807, 2.05) is 35.2 Å². The minimum absolute atomic E-state index is 0.0327. The van der Waals surface area contributed by atoms with Crippen molar-refractivity contribution >= 4 is 34.7 Å². The van der Waals surface area contributed by atoms with Gasteiger partial charge in [0.05, 0.1) is 0 Å². The molecule has 0 aromatic heterocycles. The Labute approximate surface area is 165 Å². The van der Waals surface area contributed by atoms with Gasteiger partial charge in [-0.25, -0.2) is 4.79 Å². The predicted molar refractivity (Wildman–Crippen MR) is 112 cm³/mol. The van der Waals surface area contributed by atoms with E-state index in [1.165, 1.54) is 18.5 Å². The summed E-state index contributed by atoms with van der Waals surface area (Å²) < 4.78 is 0. The second-order valence-corrected chi connectivity index (χ2v) is 7.56. The van der Waals surface area contributed by atoms with Crippen molar-refractivity contribution in [2.75, 3.05) is 54.4 Å². The number of hydrogen-bond acceptors (Lipinski definition) is 3. The molecule has 142 valence electrons. The minimum Gasteiger partial charge on any atom is -0.372 e. The van der Waals surface area contributed by atoms with Crippen LogP contribution in [0.15, 0.2) is 48.5 Å². The summed E-state index contributed by atoms with van der Waals surface area (Å²) in [6, 6.07) is 16.0. The minimum atomic E-state index is -0.0327. The summed E-state index contributed by atoms with van der Waals surface area (Å²) in [5.41, 5.74) is 3.20. The molecule has 0 aliphatic carbocycles. The summed E-state index contributed by atoms with van der Waals surface area (Å²) in [7, 11) is 0. The molecule has 4 rings (SSSR count). The van der Waals surface area contributed by atoms with Crippen molar-refractivity contribution in [3.05, 3.63) is 53.6 Å². The lowest BCUT2D eigenvalue weighted by atomic mass is 10.2. The number of urea groups is 1.